The zero-order valence-electron chi connectivity index (χ0n) is 11.6. The number of anilines is 2. The molecule has 0 saturated heterocycles. The second-order valence-corrected chi connectivity index (χ2v) is 6.12. The summed E-state index contributed by atoms with van der Waals surface area (Å²) in [4.78, 5) is 12.7. The second kappa shape index (κ2) is 5.77. The number of nitrogens with two attached hydrogens (primary N) is 1. The maximum absolute atomic E-state index is 11.9. The molecule has 1 amide bonds. The van der Waals surface area contributed by atoms with E-state index in [0.717, 1.165) is 23.3 Å². The standard InChI is InChI=1S/C14H16N4O2S/c1-8-2-5-11(10(15)6-8)21-7-12(19)16-14-18-17-13(20-14)9-3-4-9/h2,5-6,9H,3-4,7,15H2,1H3,(H,16,18,19). The highest BCUT2D eigenvalue weighted by Crippen LogP contribution is 2.39. The molecule has 0 radical (unpaired) electrons. The minimum atomic E-state index is -0.189. The molecule has 0 bridgehead atoms. The average Bonchev–Trinajstić information content (AvgIpc) is 3.19. The Balaban J connectivity index is 1.53. The molecule has 7 heteroatoms. The first-order valence-electron chi connectivity index (χ1n) is 6.74. The average molecular weight is 304 g/mol. The highest BCUT2D eigenvalue weighted by atomic mass is 32.2. The van der Waals surface area contributed by atoms with Crippen LogP contribution in [0.1, 0.15) is 30.2 Å². The lowest BCUT2D eigenvalue weighted by Crippen LogP contribution is -2.14. The van der Waals surface area contributed by atoms with Gasteiger partial charge in [0.05, 0.1) is 5.75 Å². The van der Waals surface area contributed by atoms with Crippen molar-refractivity contribution in [2.45, 2.75) is 30.6 Å². The third-order valence-electron chi connectivity index (χ3n) is 3.14. The molecule has 110 valence electrons. The fraction of sp³-hybridized carbons (Fsp3) is 0.357. The number of aryl methyl sites for hydroxylation is 1. The van der Waals surface area contributed by atoms with Gasteiger partial charge in [-0.1, -0.05) is 11.2 Å². The van der Waals surface area contributed by atoms with Gasteiger partial charge in [-0.25, -0.2) is 0 Å². The summed E-state index contributed by atoms with van der Waals surface area (Å²) in [6.45, 7) is 1.98. The van der Waals surface area contributed by atoms with Gasteiger partial charge in [-0.05, 0) is 37.5 Å². The molecule has 2 aromatic rings. The van der Waals surface area contributed by atoms with Crippen molar-refractivity contribution >= 4 is 29.4 Å². The number of nitrogen functional groups attached to an aromatic ring is 1. The number of nitrogens with zero attached hydrogens (tertiary/aromatic N) is 2. The summed E-state index contributed by atoms with van der Waals surface area (Å²) in [6.07, 6.45) is 2.16. The third kappa shape index (κ3) is 3.55. The monoisotopic (exact) mass is 304 g/mol. The van der Waals surface area contributed by atoms with Crippen molar-refractivity contribution in [1.82, 2.24) is 10.2 Å². The van der Waals surface area contributed by atoms with Gasteiger partial charge in [0, 0.05) is 16.5 Å². The highest BCUT2D eigenvalue weighted by Gasteiger charge is 2.29. The van der Waals surface area contributed by atoms with Gasteiger partial charge in [0.1, 0.15) is 0 Å². The molecule has 1 aliphatic carbocycles. The molecule has 0 unspecified atom stereocenters. The summed E-state index contributed by atoms with van der Waals surface area (Å²) < 4.78 is 5.38. The maximum atomic E-state index is 11.9. The first-order chi connectivity index (χ1) is 10.1. The Kier molecular flexibility index (Phi) is 3.83. The summed E-state index contributed by atoms with van der Waals surface area (Å²) in [7, 11) is 0. The molecule has 1 heterocycles. The topological polar surface area (TPSA) is 94.0 Å². The van der Waals surface area contributed by atoms with Crippen molar-refractivity contribution in [3.8, 4) is 0 Å². The van der Waals surface area contributed by atoms with Gasteiger partial charge in [0.2, 0.25) is 11.8 Å². The number of benzene rings is 1. The van der Waals surface area contributed by atoms with Crippen LogP contribution in [0.4, 0.5) is 11.7 Å². The number of hydrogen-bond donors (Lipinski definition) is 2. The minimum Gasteiger partial charge on any atom is -0.408 e. The Labute approximate surface area is 126 Å². The van der Waals surface area contributed by atoms with E-state index in [0.29, 0.717) is 17.5 Å². The summed E-state index contributed by atoms with van der Waals surface area (Å²) in [5, 5.41) is 10.3. The number of carbonyl (C=O) groups is 1. The van der Waals surface area contributed by atoms with Crippen LogP contribution in [0.5, 0.6) is 0 Å². The predicted molar refractivity (Wildman–Crippen MR) is 81.2 cm³/mol. The van der Waals surface area contributed by atoms with Gasteiger partial charge in [0.25, 0.3) is 0 Å². The molecule has 1 aromatic carbocycles. The third-order valence-corrected chi connectivity index (χ3v) is 4.23. The first-order valence-corrected chi connectivity index (χ1v) is 7.72. The lowest BCUT2D eigenvalue weighted by Gasteiger charge is -2.05. The van der Waals surface area contributed by atoms with Crippen LogP contribution in [0.2, 0.25) is 0 Å². The first kappa shape index (κ1) is 13.9. The molecule has 3 N–H and O–H groups in total. The Morgan fingerprint density at radius 2 is 2.29 bits per heavy atom. The molecular formula is C14H16N4O2S. The second-order valence-electron chi connectivity index (χ2n) is 5.10. The van der Waals surface area contributed by atoms with Gasteiger partial charge in [-0.15, -0.1) is 16.9 Å². The van der Waals surface area contributed by atoms with Crippen LogP contribution in [0.3, 0.4) is 0 Å². The normalized spacial score (nSPS) is 14.1. The van der Waals surface area contributed by atoms with Crippen LogP contribution in [0.25, 0.3) is 0 Å². The van der Waals surface area contributed by atoms with Crippen LogP contribution < -0.4 is 11.1 Å². The number of nitrogens with one attached hydrogen (secondary N) is 1. The van der Waals surface area contributed by atoms with Gasteiger partial charge < -0.3 is 10.2 Å². The largest absolute Gasteiger partial charge is 0.408 e. The van der Waals surface area contributed by atoms with Crippen molar-refractivity contribution in [3.05, 3.63) is 29.7 Å². The van der Waals surface area contributed by atoms with Crippen LogP contribution in [0.15, 0.2) is 27.5 Å². The molecule has 0 aliphatic heterocycles. The summed E-state index contributed by atoms with van der Waals surface area (Å²) in [5.74, 6) is 1.05. The maximum Gasteiger partial charge on any atom is 0.322 e. The van der Waals surface area contributed by atoms with Crippen molar-refractivity contribution < 1.29 is 9.21 Å². The van der Waals surface area contributed by atoms with Gasteiger partial charge in [0.15, 0.2) is 0 Å². The molecule has 1 aromatic heterocycles. The smallest absolute Gasteiger partial charge is 0.322 e. The zero-order valence-corrected chi connectivity index (χ0v) is 12.4. The molecule has 3 rings (SSSR count). The zero-order chi connectivity index (χ0) is 14.8. The molecule has 21 heavy (non-hydrogen) atoms. The molecular weight excluding hydrogens is 288 g/mol. The molecule has 1 fully saturated rings. The molecule has 1 aliphatic rings. The van der Waals surface area contributed by atoms with Crippen LogP contribution in [-0.4, -0.2) is 21.9 Å². The van der Waals surface area contributed by atoms with Gasteiger partial charge in [-0.2, -0.15) is 0 Å². The Morgan fingerprint density at radius 3 is 3.00 bits per heavy atom. The summed E-state index contributed by atoms with van der Waals surface area (Å²) in [5.41, 5.74) is 7.69. The van der Waals surface area contributed by atoms with Crippen molar-refractivity contribution in [2.75, 3.05) is 16.8 Å². The van der Waals surface area contributed by atoms with E-state index < -0.39 is 0 Å². The van der Waals surface area contributed by atoms with E-state index in [1.165, 1.54) is 11.8 Å². The fourth-order valence-electron chi connectivity index (χ4n) is 1.88. The van der Waals surface area contributed by atoms with E-state index >= 15 is 0 Å². The van der Waals surface area contributed by atoms with Crippen LogP contribution in [-0.2, 0) is 4.79 Å². The van der Waals surface area contributed by atoms with Crippen molar-refractivity contribution in [3.63, 3.8) is 0 Å². The summed E-state index contributed by atoms with van der Waals surface area (Å²) >= 11 is 1.38. The van der Waals surface area contributed by atoms with E-state index in [4.69, 9.17) is 10.2 Å². The Morgan fingerprint density at radius 1 is 1.48 bits per heavy atom. The van der Waals surface area contributed by atoms with E-state index in [2.05, 4.69) is 15.5 Å². The Hall–Kier alpha value is -2.02. The van der Waals surface area contributed by atoms with Crippen molar-refractivity contribution in [2.24, 2.45) is 0 Å². The lowest BCUT2D eigenvalue weighted by atomic mass is 10.2. The molecule has 0 spiro atoms. The number of amides is 1. The van der Waals surface area contributed by atoms with E-state index in [1.807, 2.05) is 25.1 Å². The SMILES string of the molecule is Cc1ccc(SCC(=O)Nc2nnc(C3CC3)o2)c(N)c1. The Bertz CT molecular complexity index is 667. The van der Waals surface area contributed by atoms with E-state index in [-0.39, 0.29) is 17.7 Å². The predicted octanol–water partition coefficient (Wildman–Crippen LogP) is 2.57. The van der Waals surface area contributed by atoms with Gasteiger partial charge in [-0.3, -0.25) is 10.1 Å². The van der Waals surface area contributed by atoms with E-state index in [1.54, 1.807) is 0 Å². The minimum absolute atomic E-state index is 0.166. The van der Waals surface area contributed by atoms with Crippen molar-refractivity contribution in [1.29, 1.82) is 0 Å². The highest BCUT2D eigenvalue weighted by molar-refractivity contribution is 8.00. The van der Waals surface area contributed by atoms with E-state index in [9.17, 15) is 4.79 Å². The number of aromatic nitrogens is 2. The van der Waals surface area contributed by atoms with Gasteiger partial charge >= 0.3 is 6.01 Å². The number of carbonyl (C=O) groups excluding carboxylic acids is 1. The fourth-order valence-corrected chi connectivity index (χ4v) is 2.63. The number of hydrogen-bond acceptors (Lipinski definition) is 6. The summed E-state index contributed by atoms with van der Waals surface area (Å²) in [6, 6.07) is 5.94. The molecule has 1 saturated carbocycles. The molecule has 0 atom stereocenters. The quantitative estimate of drug-likeness (QED) is 0.651. The number of rotatable bonds is 5. The lowest BCUT2D eigenvalue weighted by molar-refractivity contribution is -0.113. The van der Waals surface area contributed by atoms with Crippen LogP contribution in [0, 0.1) is 6.92 Å². The van der Waals surface area contributed by atoms with Crippen LogP contribution >= 0.6 is 11.8 Å². The molecule has 6 nitrogen and oxygen atoms in total. The number of thioether (sulfide) groups is 1.